The van der Waals surface area contributed by atoms with Crippen LogP contribution >= 0.6 is 22.9 Å². The van der Waals surface area contributed by atoms with Crippen molar-refractivity contribution in [3.05, 3.63) is 64.3 Å². The number of aryl methyl sites for hydroxylation is 1. The van der Waals surface area contributed by atoms with Gasteiger partial charge in [-0.2, -0.15) is 0 Å². The molecule has 3 rings (SSSR count). The summed E-state index contributed by atoms with van der Waals surface area (Å²) in [4.78, 5) is 5.61. The molecule has 0 radical (unpaired) electrons. The van der Waals surface area contributed by atoms with Crippen LogP contribution in [0.4, 0.5) is 0 Å². The van der Waals surface area contributed by atoms with Crippen molar-refractivity contribution >= 4 is 22.9 Å². The third-order valence-electron chi connectivity index (χ3n) is 3.01. The number of hydrogen-bond donors (Lipinski definition) is 0. The zero-order valence-corrected chi connectivity index (χ0v) is 12.1. The average molecular weight is 289 g/mol. The number of aromatic nitrogens is 2. The number of nitrogens with zero attached hydrogens (tertiary/aromatic N) is 2. The lowest BCUT2D eigenvalue weighted by atomic mass is 10.1. The summed E-state index contributed by atoms with van der Waals surface area (Å²) in [6.07, 6.45) is 3.82. The van der Waals surface area contributed by atoms with Gasteiger partial charge in [0.05, 0.1) is 11.4 Å². The molecule has 0 saturated carbocycles. The van der Waals surface area contributed by atoms with Crippen LogP contribution in [0.5, 0.6) is 0 Å². The Labute approximate surface area is 121 Å². The highest BCUT2D eigenvalue weighted by atomic mass is 35.5. The molecule has 0 amide bonds. The van der Waals surface area contributed by atoms with Crippen molar-refractivity contribution in [3.63, 3.8) is 0 Å². The fourth-order valence-electron chi connectivity index (χ4n) is 2.03. The van der Waals surface area contributed by atoms with Gasteiger partial charge in [0.25, 0.3) is 0 Å². The number of benzene rings is 1. The SMILES string of the molecule is Cc1ccc(Cn2ccnc2-c2cccs2)c(Cl)c1. The number of halogens is 1. The monoisotopic (exact) mass is 288 g/mol. The molecule has 0 saturated heterocycles. The zero-order chi connectivity index (χ0) is 13.2. The maximum Gasteiger partial charge on any atom is 0.150 e. The standard InChI is InChI=1S/C15H13ClN2S/c1-11-4-5-12(13(16)9-11)10-18-7-6-17-15(18)14-3-2-8-19-14/h2-9H,10H2,1H3. The van der Waals surface area contributed by atoms with Gasteiger partial charge in [0.2, 0.25) is 0 Å². The van der Waals surface area contributed by atoms with Gasteiger partial charge in [0.15, 0.2) is 0 Å². The predicted molar refractivity (Wildman–Crippen MR) is 80.8 cm³/mol. The van der Waals surface area contributed by atoms with Crippen LogP contribution in [0.3, 0.4) is 0 Å². The molecule has 0 unspecified atom stereocenters. The van der Waals surface area contributed by atoms with Gasteiger partial charge in [-0.3, -0.25) is 0 Å². The Balaban J connectivity index is 1.94. The molecule has 1 aromatic carbocycles. The maximum atomic E-state index is 6.29. The van der Waals surface area contributed by atoms with Crippen LogP contribution in [0.2, 0.25) is 5.02 Å². The highest BCUT2D eigenvalue weighted by Gasteiger charge is 2.08. The summed E-state index contributed by atoms with van der Waals surface area (Å²) in [7, 11) is 0. The van der Waals surface area contributed by atoms with Crippen LogP contribution in [0, 0.1) is 6.92 Å². The van der Waals surface area contributed by atoms with Crippen molar-refractivity contribution < 1.29 is 0 Å². The number of hydrogen-bond acceptors (Lipinski definition) is 2. The summed E-state index contributed by atoms with van der Waals surface area (Å²) < 4.78 is 2.13. The van der Waals surface area contributed by atoms with Crippen LogP contribution in [0.25, 0.3) is 10.7 Å². The Kier molecular flexibility index (Phi) is 3.40. The molecule has 0 N–H and O–H groups in total. The molecule has 19 heavy (non-hydrogen) atoms. The minimum Gasteiger partial charge on any atom is -0.326 e. The lowest BCUT2D eigenvalue weighted by Gasteiger charge is -2.09. The van der Waals surface area contributed by atoms with E-state index in [0.29, 0.717) is 0 Å². The Hall–Kier alpha value is -1.58. The van der Waals surface area contributed by atoms with Crippen LogP contribution in [-0.2, 0) is 6.54 Å². The van der Waals surface area contributed by atoms with E-state index in [2.05, 4.69) is 33.1 Å². The largest absolute Gasteiger partial charge is 0.326 e. The first-order valence-electron chi connectivity index (χ1n) is 6.04. The number of thiophene rings is 1. The van der Waals surface area contributed by atoms with Gasteiger partial charge < -0.3 is 4.57 Å². The topological polar surface area (TPSA) is 17.8 Å². The molecule has 2 heterocycles. The van der Waals surface area contributed by atoms with Crippen molar-refractivity contribution in [2.45, 2.75) is 13.5 Å². The Bertz CT molecular complexity index is 686. The molecule has 0 spiro atoms. The van der Waals surface area contributed by atoms with Crippen LogP contribution < -0.4 is 0 Å². The van der Waals surface area contributed by atoms with E-state index in [4.69, 9.17) is 11.6 Å². The van der Waals surface area contributed by atoms with E-state index in [9.17, 15) is 0 Å². The first-order valence-corrected chi connectivity index (χ1v) is 7.30. The molecule has 0 bridgehead atoms. The van der Waals surface area contributed by atoms with E-state index in [-0.39, 0.29) is 0 Å². The molecule has 2 nitrogen and oxygen atoms in total. The zero-order valence-electron chi connectivity index (χ0n) is 10.5. The maximum absolute atomic E-state index is 6.29. The summed E-state index contributed by atoms with van der Waals surface area (Å²) in [5, 5.41) is 2.87. The molecule has 2 aromatic heterocycles. The van der Waals surface area contributed by atoms with Crippen molar-refractivity contribution in [2.24, 2.45) is 0 Å². The molecular formula is C15H13ClN2S. The lowest BCUT2D eigenvalue weighted by Crippen LogP contribution is -2.01. The van der Waals surface area contributed by atoms with Crippen LogP contribution in [0.1, 0.15) is 11.1 Å². The van der Waals surface area contributed by atoms with Crippen LogP contribution in [0.15, 0.2) is 48.1 Å². The fourth-order valence-corrected chi connectivity index (χ4v) is 3.06. The summed E-state index contributed by atoms with van der Waals surface area (Å²) >= 11 is 7.99. The molecule has 0 aliphatic rings. The first-order chi connectivity index (χ1) is 9.24. The molecule has 0 fully saturated rings. The van der Waals surface area contributed by atoms with Crippen LogP contribution in [-0.4, -0.2) is 9.55 Å². The summed E-state index contributed by atoms with van der Waals surface area (Å²) in [5.74, 6) is 0.992. The molecular weight excluding hydrogens is 276 g/mol. The smallest absolute Gasteiger partial charge is 0.150 e. The third-order valence-corrected chi connectivity index (χ3v) is 4.22. The highest BCUT2D eigenvalue weighted by molar-refractivity contribution is 7.13. The van der Waals surface area contributed by atoms with Gasteiger partial charge in [-0.25, -0.2) is 4.98 Å². The second kappa shape index (κ2) is 5.19. The van der Waals surface area contributed by atoms with Crippen molar-refractivity contribution in [1.82, 2.24) is 9.55 Å². The van der Waals surface area contributed by atoms with E-state index in [1.54, 1.807) is 11.3 Å². The second-order valence-electron chi connectivity index (χ2n) is 4.45. The summed E-state index contributed by atoms with van der Waals surface area (Å²) in [5.41, 5.74) is 2.29. The molecule has 3 aromatic rings. The molecule has 4 heteroatoms. The molecule has 0 aliphatic heterocycles. The Morgan fingerprint density at radius 3 is 2.95 bits per heavy atom. The normalized spacial score (nSPS) is 10.8. The average Bonchev–Trinajstić information content (AvgIpc) is 3.03. The van der Waals surface area contributed by atoms with Gasteiger partial charge in [0, 0.05) is 17.4 Å². The molecule has 96 valence electrons. The van der Waals surface area contributed by atoms with Gasteiger partial charge in [-0.1, -0.05) is 29.8 Å². The predicted octanol–water partition coefficient (Wildman–Crippen LogP) is 4.62. The second-order valence-corrected chi connectivity index (χ2v) is 5.81. The van der Waals surface area contributed by atoms with E-state index in [1.165, 1.54) is 10.4 Å². The van der Waals surface area contributed by atoms with Gasteiger partial charge in [-0.05, 0) is 35.6 Å². The van der Waals surface area contributed by atoms with E-state index < -0.39 is 0 Å². The van der Waals surface area contributed by atoms with E-state index in [1.807, 2.05) is 31.5 Å². The Morgan fingerprint density at radius 2 is 2.21 bits per heavy atom. The quantitative estimate of drug-likeness (QED) is 0.687. The summed E-state index contributed by atoms with van der Waals surface area (Å²) in [6.45, 7) is 2.79. The van der Waals surface area contributed by atoms with Crippen molar-refractivity contribution in [1.29, 1.82) is 0 Å². The molecule has 0 atom stereocenters. The summed E-state index contributed by atoms with van der Waals surface area (Å²) in [6, 6.07) is 10.3. The van der Waals surface area contributed by atoms with Gasteiger partial charge >= 0.3 is 0 Å². The minimum absolute atomic E-state index is 0.742. The van der Waals surface area contributed by atoms with Crippen molar-refractivity contribution in [3.8, 4) is 10.7 Å². The van der Waals surface area contributed by atoms with Gasteiger partial charge in [0.1, 0.15) is 5.82 Å². The minimum atomic E-state index is 0.742. The number of rotatable bonds is 3. The van der Waals surface area contributed by atoms with Crippen molar-refractivity contribution in [2.75, 3.05) is 0 Å². The fraction of sp³-hybridized carbons (Fsp3) is 0.133. The Morgan fingerprint density at radius 1 is 1.32 bits per heavy atom. The first kappa shape index (κ1) is 12.5. The lowest BCUT2D eigenvalue weighted by molar-refractivity contribution is 0.808. The van der Waals surface area contributed by atoms with E-state index in [0.717, 1.165) is 23.0 Å². The molecule has 0 aliphatic carbocycles. The van der Waals surface area contributed by atoms with E-state index >= 15 is 0 Å². The highest BCUT2D eigenvalue weighted by Crippen LogP contribution is 2.25. The number of imidazole rings is 1. The third kappa shape index (κ3) is 2.57. The van der Waals surface area contributed by atoms with Gasteiger partial charge in [-0.15, -0.1) is 11.3 Å².